The summed E-state index contributed by atoms with van der Waals surface area (Å²) in [6.45, 7) is 6.84. The van der Waals surface area contributed by atoms with Crippen LogP contribution in [-0.4, -0.2) is 15.7 Å². The lowest BCUT2D eigenvalue weighted by molar-refractivity contribution is -0.110. The molecule has 1 aliphatic rings. The first-order chi connectivity index (χ1) is 10.9. The summed E-state index contributed by atoms with van der Waals surface area (Å²) < 4.78 is 1.78. The molecule has 120 valence electrons. The van der Waals surface area contributed by atoms with Crippen molar-refractivity contribution in [3.05, 3.63) is 45.2 Å². The van der Waals surface area contributed by atoms with Gasteiger partial charge in [0.15, 0.2) is 0 Å². The second-order valence-corrected chi connectivity index (χ2v) is 6.86. The molecule has 0 unspecified atom stereocenters. The van der Waals surface area contributed by atoms with Crippen LogP contribution in [0.15, 0.2) is 18.2 Å². The number of aromatic nitrogens is 2. The number of amides is 1. The molecule has 0 spiro atoms. The first kappa shape index (κ1) is 16.1. The molecule has 0 saturated heterocycles. The Morgan fingerprint density at radius 1 is 1.35 bits per heavy atom. The molecule has 1 N–H and O–H groups in total. The van der Waals surface area contributed by atoms with E-state index < -0.39 is 0 Å². The molecule has 0 aliphatic carbocycles. The van der Waals surface area contributed by atoms with Crippen LogP contribution in [0.2, 0.25) is 10.2 Å². The van der Waals surface area contributed by atoms with Crippen LogP contribution >= 0.6 is 23.2 Å². The van der Waals surface area contributed by atoms with Gasteiger partial charge in [0.25, 0.3) is 5.91 Å². The van der Waals surface area contributed by atoms with Gasteiger partial charge in [-0.15, -0.1) is 0 Å². The van der Waals surface area contributed by atoms with Crippen LogP contribution in [0.4, 0.5) is 5.69 Å². The summed E-state index contributed by atoms with van der Waals surface area (Å²) in [6, 6.07) is 5.35. The van der Waals surface area contributed by atoms with E-state index in [2.05, 4.69) is 24.3 Å². The number of aryl methyl sites for hydroxylation is 1. The molecule has 3 rings (SSSR count). The second-order valence-electron chi connectivity index (χ2n) is 6.07. The SMILES string of the molecule is Cc1nn(CC(C)C)c(Cl)c1C=C1C(=O)Nc2cc(Cl)ccc21. The summed E-state index contributed by atoms with van der Waals surface area (Å²) >= 11 is 12.4. The van der Waals surface area contributed by atoms with Gasteiger partial charge in [-0.1, -0.05) is 43.1 Å². The third-order valence-corrected chi connectivity index (χ3v) is 4.33. The molecule has 0 radical (unpaired) electrons. The number of hydrogen-bond acceptors (Lipinski definition) is 2. The number of nitrogens with one attached hydrogen (secondary N) is 1. The molecular formula is C17H17Cl2N3O. The van der Waals surface area contributed by atoms with Crippen LogP contribution in [0.5, 0.6) is 0 Å². The minimum Gasteiger partial charge on any atom is -0.321 e. The number of halogens is 2. The molecule has 0 atom stereocenters. The van der Waals surface area contributed by atoms with Crippen molar-refractivity contribution in [2.45, 2.75) is 27.3 Å². The molecule has 1 amide bonds. The van der Waals surface area contributed by atoms with Crippen molar-refractivity contribution in [2.24, 2.45) is 5.92 Å². The Kier molecular flexibility index (Phi) is 4.21. The van der Waals surface area contributed by atoms with Gasteiger partial charge in [0.1, 0.15) is 5.15 Å². The summed E-state index contributed by atoms with van der Waals surface area (Å²) in [6.07, 6.45) is 1.80. The summed E-state index contributed by atoms with van der Waals surface area (Å²) in [5.74, 6) is 0.277. The lowest BCUT2D eigenvalue weighted by Gasteiger charge is -2.05. The van der Waals surface area contributed by atoms with Gasteiger partial charge < -0.3 is 5.32 Å². The van der Waals surface area contributed by atoms with Gasteiger partial charge in [0, 0.05) is 28.3 Å². The third-order valence-electron chi connectivity index (χ3n) is 3.70. The topological polar surface area (TPSA) is 46.9 Å². The summed E-state index contributed by atoms with van der Waals surface area (Å²) in [5.41, 5.74) is 3.70. The van der Waals surface area contributed by atoms with Crippen LogP contribution in [0.25, 0.3) is 11.6 Å². The fraction of sp³-hybridized carbons (Fsp3) is 0.294. The van der Waals surface area contributed by atoms with Crippen LogP contribution in [0, 0.1) is 12.8 Å². The Morgan fingerprint density at radius 3 is 2.78 bits per heavy atom. The summed E-state index contributed by atoms with van der Waals surface area (Å²) in [4.78, 5) is 12.3. The second kappa shape index (κ2) is 6.02. The number of benzene rings is 1. The minimum atomic E-state index is -0.158. The summed E-state index contributed by atoms with van der Waals surface area (Å²) in [5, 5.41) is 8.44. The molecule has 1 aromatic heterocycles. The predicted molar refractivity (Wildman–Crippen MR) is 94.8 cm³/mol. The highest BCUT2D eigenvalue weighted by atomic mass is 35.5. The van der Waals surface area contributed by atoms with Crippen molar-refractivity contribution in [3.63, 3.8) is 0 Å². The predicted octanol–water partition coefficient (Wildman–Crippen LogP) is 4.65. The van der Waals surface area contributed by atoms with Gasteiger partial charge >= 0.3 is 0 Å². The monoisotopic (exact) mass is 349 g/mol. The number of carbonyl (C=O) groups is 1. The zero-order valence-electron chi connectivity index (χ0n) is 13.2. The van der Waals surface area contributed by atoms with Crippen LogP contribution < -0.4 is 5.32 Å². The highest BCUT2D eigenvalue weighted by Crippen LogP contribution is 2.36. The first-order valence-electron chi connectivity index (χ1n) is 7.42. The Morgan fingerprint density at radius 2 is 2.09 bits per heavy atom. The zero-order valence-corrected chi connectivity index (χ0v) is 14.7. The van der Waals surface area contributed by atoms with Crippen LogP contribution in [-0.2, 0) is 11.3 Å². The van der Waals surface area contributed by atoms with Crippen LogP contribution in [0.3, 0.4) is 0 Å². The molecule has 0 fully saturated rings. The van der Waals surface area contributed by atoms with Gasteiger partial charge in [-0.2, -0.15) is 5.10 Å². The number of fused-ring (bicyclic) bond motifs is 1. The highest BCUT2D eigenvalue weighted by Gasteiger charge is 2.25. The van der Waals surface area contributed by atoms with E-state index in [0.29, 0.717) is 21.7 Å². The molecule has 23 heavy (non-hydrogen) atoms. The maximum absolute atomic E-state index is 12.3. The van der Waals surface area contributed by atoms with Crippen molar-refractivity contribution >= 4 is 46.4 Å². The molecule has 2 aromatic rings. The Labute approximate surface area is 145 Å². The quantitative estimate of drug-likeness (QED) is 0.820. The number of rotatable bonds is 3. The van der Waals surface area contributed by atoms with Crippen molar-refractivity contribution < 1.29 is 4.79 Å². The van der Waals surface area contributed by atoms with E-state index in [0.717, 1.165) is 29.1 Å². The van der Waals surface area contributed by atoms with Crippen molar-refractivity contribution in [3.8, 4) is 0 Å². The fourth-order valence-corrected chi connectivity index (χ4v) is 3.12. The van der Waals surface area contributed by atoms with Crippen molar-refractivity contribution in [2.75, 3.05) is 5.32 Å². The standard InChI is InChI=1S/C17H17Cl2N3O/c1-9(2)8-22-16(19)13(10(3)21-22)7-14-12-5-4-11(18)6-15(12)20-17(14)23/h4-7,9H,8H2,1-3H3,(H,20,23). The summed E-state index contributed by atoms with van der Waals surface area (Å²) in [7, 11) is 0. The average molecular weight is 350 g/mol. The lowest BCUT2D eigenvalue weighted by Crippen LogP contribution is -2.06. The van der Waals surface area contributed by atoms with E-state index in [1.165, 1.54) is 0 Å². The number of nitrogens with zero attached hydrogens (tertiary/aromatic N) is 2. The molecule has 0 bridgehead atoms. The maximum atomic E-state index is 12.3. The normalized spacial score (nSPS) is 15.4. The van der Waals surface area contributed by atoms with Crippen LogP contribution in [0.1, 0.15) is 30.7 Å². The first-order valence-corrected chi connectivity index (χ1v) is 8.18. The molecule has 6 heteroatoms. The third kappa shape index (κ3) is 3.01. The molecule has 0 saturated carbocycles. The Balaban J connectivity index is 2.06. The van der Waals surface area contributed by atoms with Crippen molar-refractivity contribution in [1.82, 2.24) is 9.78 Å². The van der Waals surface area contributed by atoms with Gasteiger partial charge in [-0.05, 0) is 31.1 Å². The number of hydrogen-bond donors (Lipinski definition) is 1. The molecule has 1 aliphatic heterocycles. The smallest absolute Gasteiger partial charge is 0.256 e. The largest absolute Gasteiger partial charge is 0.321 e. The van der Waals surface area contributed by atoms with E-state index in [1.54, 1.807) is 22.9 Å². The lowest BCUT2D eigenvalue weighted by atomic mass is 10.0. The Bertz CT molecular complexity index is 821. The number of anilines is 1. The molecule has 2 heterocycles. The van der Waals surface area contributed by atoms with Gasteiger partial charge in [-0.3, -0.25) is 9.48 Å². The molecule has 4 nitrogen and oxygen atoms in total. The zero-order chi connectivity index (χ0) is 16.7. The molecule has 1 aromatic carbocycles. The van der Waals surface area contributed by atoms with E-state index >= 15 is 0 Å². The number of carbonyl (C=O) groups excluding carboxylic acids is 1. The highest BCUT2D eigenvalue weighted by molar-refractivity contribution is 6.37. The average Bonchev–Trinajstić information content (AvgIpc) is 2.89. The van der Waals surface area contributed by atoms with E-state index in [-0.39, 0.29) is 5.91 Å². The fourth-order valence-electron chi connectivity index (χ4n) is 2.65. The molecular weight excluding hydrogens is 333 g/mol. The van der Waals surface area contributed by atoms with Gasteiger partial charge in [0.2, 0.25) is 0 Å². The van der Waals surface area contributed by atoms with E-state index in [9.17, 15) is 4.79 Å². The van der Waals surface area contributed by atoms with Gasteiger partial charge in [0.05, 0.1) is 11.4 Å². The van der Waals surface area contributed by atoms with Gasteiger partial charge in [-0.25, -0.2) is 0 Å². The Hall–Kier alpha value is -1.78. The van der Waals surface area contributed by atoms with E-state index in [4.69, 9.17) is 23.2 Å². The van der Waals surface area contributed by atoms with E-state index in [1.807, 2.05) is 13.0 Å². The minimum absolute atomic E-state index is 0.158. The maximum Gasteiger partial charge on any atom is 0.256 e. The van der Waals surface area contributed by atoms with Crippen molar-refractivity contribution in [1.29, 1.82) is 0 Å².